The molecule has 0 aliphatic rings. The first-order valence-electron chi connectivity index (χ1n) is 13.3. The molecule has 1 heterocycles. The number of unbranched alkanes of at least 4 members (excludes halogenated alkanes) is 16. The molecule has 168 valence electrons. The summed E-state index contributed by atoms with van der Waals surface area (Å²) in [4.78, 5) is 0. The van der Waals surface area contributed by atoms with E-state index in [1.54, 1.807) is 0 Å². The smallest absolute Gasteiger partial charge is 0.178 e. The van der Waals surface area contributed by atoms with Gasteiger partial charge in [0, 0.05) is 25.5 Å². The number of pyridine rings is 1. The van der Waals surface area contributed by atoms with Crippen LogP contribution in [0.2, 0.25) is 0 Å². The van der Waals surface area contributed by atoms with E-state index in [1.165, 1.54) is 140 Å². The molecule has 0 amide bonds. The molecule has 1 aromatic rings. The van der Waals surface area contributed by atoms with Crippen molar-refractivity contribution < 1.29 is 4.57 Å². The van der Waals surface area contributed by atoms with Crippen LogP contribution in [-0.2, 0) is 13.0 Å². The zero-order chi connectivity index (χ0) is 21.0. The molecule has 0 bridgehead atoms. The molecule has 0 spiro atoms. The summed E-state index contributed by atoms with van der Waals surface area (Å²) in [5.74, 6) is 0. The van der Waals surface area contributed by atoms with Gasteiger partial charge in [0.05, 0.1) is 0 Å². The van der Waals surface area contributed by atoms with Crippen molar-refractivity contribution in [2.24, 2.45) is 0 Å². The predicted octanol–water partition coefficient (Wildman–Crippen LogP) is 8.89. The lowest BCUT2D eigenvalue weighted by Crippen LogP contribution is -2.36. The summed E-state index contributed by atoms with van der Waals surface area (Å²) in [7, 11) is 0. The van der Waals surface area contributed by atoms with Crippen LogP contribution >= 0.6 is 0 Å². The lowest BCUT2D eigenvalue weighted by molar-refractivity contribution is -0.703. The summed E-state index contributed by atoms with van der Waals surface area (Å²) < 4.78 is 2.46. The molecular weight excluding hydrogens is 350 g/mol. The highest BCUT2D eigenvalue weighted by Gasteiger charge is 2.07. The molecule has 1 rings (SSSR count). The van der Waals surface area contributed by atoms with Crippen molar-refractivity contribution >= 4 is 0 Å². The zero-order valence-corrected chi connectivity index (χ0v) is 20.3. The quantitative estimate of drug-likeness (QED) is 0.151. The summed E-state index contributed by atoms with van der Waals surface area (Å²) in [5, 5.41) is 0. The van der Waals surface area contributed by atoms with E-state index in [0.29, 0.717) is 0 Å². The third kappa shape index (κ3) is 14.7. The Morgan fingerprint density at radius 1 is 0.586 bits per heavy atom. The van der Waals surface area contributed by atoms with E-state index in [1.807, 2.05) is 0 Å². The van der Waals surface area contributed by atoms with Gasteiger partial charge in [-0.2, -0.15) is 0 Å². The van der Waals surface area contributed by atoms with E-state index < -0.39 is 0 Å². The molecule has 0 aromatic carbocycles. The van der Waals surface area contributed by atoms with Crippen LogP contribution in [0.5, 0.6) is 0 Å². The third-order valence-corrected chi connectivity index (χ3v) is 6.39. The van der Waals surface area contributed by atoms with Gasteiger partial charge < -0.3 is 0 Å². The molecular formula is C28H52N+. The van der Waals surface area contributed by atoms with Gasteiger partial charge in [0.25, 0.3) is 0 Å². The van der Waals surface area contributed by atoms with Gasteiger partial charge in [0.2, 0.25) is 0 Å². The minimum Gasteiger partial charge on any atom is -0.203 e. The van der Waals surface area contributed by atoms with Crippen molar-refractivity contribution in [3.8, 4) is 0 Å². The first kappa shape index (κ1) is 26.2. The molecule has 0 radical (unpaired) electrons. The molecule has 0 saturated carbocycles. The van der Waals surface area contributed by atoms with Gasteiger partial charge >= 0.3 is 0 Å². The fourth-order valence-electron chi connectivity index (χ4n) is 4.34. The van der Waals surface area contributed by atoms with Crippen LogP contribution in [0.3, 0.4) is 0 Å². The average Bonchev–Trinajstić information content (AvgIpc) is 2.72. The number of aromatic nitrogens is 1. The third-order valence-electron chi connectivity index (χ3n) is 6.39. The number of hydrogen-bond acceptors (Lipinski definition) is 0. The molecule has 0 saturated heterocycles. The van der Waals surface area contributed by atoms with E-state index in [9.17, 15) is 0 Å². The normalized spacial score (nSPS) is 11.3. The van der Waals surface area contributed by atoms with Crippen molar-refractivity contribution in [3.63, 3.8) is 0 Å². The Kier molecular flexibility index (Phi) is 17.3. The fourth-order valence-corrected chi connectivity index (χ4v) is 4.34. The Hall–Kier alpha value is -0.850. The number of aryl methyl sites for hydroxylation is 3. The molecule has 0 aliphatic heterocycles. The van der Waals surface area contributed by atoms with Gasteiger partial charge in [0.15, 0.2) is 11.9 Å². The van der Waals surface area contributed by atoms with Crippen LogP contribution in [0.15, 0.2) is 18.3 Å². The minimum atomic E-state index is 1.19. The Bertz CT molecular complexity index is 479. The van der Waals surface area contributed by atoms with E-state index in [4.69, 9.17) is 0 Å². The maximum Gasteiger partial charge on any atom is 0.178 e. The maximum absolute atomic E-state index is 2.46. The van der Waals surface area contributed by atoms with E-state index in [0.717, 1.165) is 0 Å². The standard InChI is InChI=1S/C28H52N/c1-4-6-8-10-12-14-16-18-20-22-28-23-25-29(27(3)26-28)24-21-19-17-15-13-11-9-7-5-2/h23,25-26H,4-22,24H2,1-3H3/q+1. The molecule has 0 fully saturated rings. The molecule has 1 heteroatoms. The van der Waals surface area contributed by atoms with Gasteiger partial charge in [0.1, 0.15) is 6.54 Å². The SMILES string of the molecule is CCCCCCCCCCCc1cc[n+](CCCCCCCCCCC)c(C)c1. The second-order valence-electron chi connectivity index (χ2n) is 9.28. The van der Waals surface area contributed by atoms with Crippen LogP contribution in [0, 0.1) is 6.92 Å². The van der Waals surface area contributed by atoms with Gasteiger partial charge in [-0.15, -0.1) is 0 Å². The van der Waals surface area contributed by atoms with Crippen LogP contribution in [-0.4, -0.2) is 0 Å². The molecule has 29 heavy (non-hydrogen) atoms. The highest BCUT2D eigenvalue weighted by molar-refractivity contribution is 5.11. The summed E-state index contributed by atoms with van der Waals surface area (Å²) in [5.41, 5.74) is 2.98. The molecule has 1 nitrogen and oxygen atoms in total. The molecule has 0 unspecified atom stereocenters. The predicted molar refractivity (Wildman–Crippen MR) is 130 cm³/mol. The maximum atomic E-state index is 2.46. The largest absolute Gasteiger partial charge is 0.203 e. The van der Waals surface area contributed by atoms with E-state index in [2.05, 4.69) is 43.7 Å². The summed E-state index contributed by atoms with van der Waals surface area (Å²) in [6.45, 7) is 8.07. The second-order valence-corrected chi connectivity index (χ2v) is 9.28. The Morgan fingerprint density at radius 3 is 1.52 bits per heavy atom. The van der Waals surface area contributed by atoms with E-state index >= 15 is 0 Å². The van der Waals surface area contributed by atoms with Gasteiger partial charge in [-0.1, -0.05) is 110 Å². The summed E-state index contributed by atoms with van der Waals surface area (Å²) >= 11 is 0. The molecule has 1 aromatic heterocycles. The van der Waals surface area contributed by atoms with Crippen molar-refractivity contribution in [2.45, 2.75) is 149 Å². The van der Waals surface area contributed by atoms with Crippen LogP contribution in [0.1, 0.15) is 141 Å². The molecule has 0 aliphatic carbocycles. The van der Waals surface area contributed by atoms with E-state index in [-0.39, 0.29) is 0 Å². The number of nitrogens with zero attached hydrogens (tertiary/aromatic N) is 1. The lowest BCUT2D eigenvalue weighted by atomic mass is 10.0. The summed E-state index contributed by atoms with van der Waals surface area (Å²) in [6, 6.07) is 4.80. The number of hydrogen-bond donors (Lipinski definition) is 0. The average molecular weight is 403 g/mol. The van der Waals surface area contributed by atoms with Crippen molar-refractivity contribution in [3.05, 3.63) is 29.6 Å². The Morgan fingerprint density at radius 2 is 1.03 bits per heavy atom. The van der Waals surface area contributed by atoms with Crippen molar-refractivity contribution in [2.75, 3.05) is 0 Å². The topological polar surface area (TPSA) is 3.88 Å². The first-order valence-corrected chi connectivity index (χ1v) is 13.3. The lowest BCUT2D eigenvalue weighted by Gasteiger charge is -2.05. The Labute approximate surface area is 183 Å². The number of rotatable bonds is 20. The van der Waals surface area contributed by atoms with Crippen molar-refractivity contribution in [1.29, 1.82) is 0 Å². The van der Waals surface area contributed by atoms with Gasteiger partial charge in [-0.05, 0) is 24.8 Å². The molecule has 0 atom stereocenters. The Balaban J connectivity index is 2.05. The van der Waals surface area contributed by atoms with Gasteiger partial charge in [-0.25, -0.2) is 4.57 Å². The van der Waals surface area contributed by atoms with Crippen LogP contribution < -0.4 is 4.57 Å². The van der Waals surface area contributed by atoms with Gasteiger partial charge in [-0.3, -0.25) is 0 Å². The summed E-state index contributed by atoms with van der Waals surface area (Å²) in [6.07, 6.45) is 29.0. The first-order chi connectivity index (χ1) is 14.3. The highest BCUT2D eigenvalue weighted by Crippen LogP contribution is 2.13. The van der Waals surface area contributed by atoms with Crippen molar-refractivity contribution in [1.82, 2.24) is 0 Å². The molecule has 0 N–H and O–H groups in total. The fraction of sp³-hybridized carbons (Fsp3) is 0.821. The zero-order valence-electron chi connectivity index (χ0n) is 20.3. The van der Waals surface area contributed by atoms with Crippen LogP contribution in [0.4, 0.5) is 0 Å². The highest BCUT2D eigenvalue weighted by atomic mass is 14.9. The second kappa shape index (κ2) is 19.1. The van der Waals surface area contributed by atoms with Crippen LogP contribution in [0.25, 0.3) is 0 Å². The minimum absolute atomic E-state index is 1.19. The monoisotopic (exact) mass is 402 g/mol.